The maximum Gasteiger partial charge on any atom is 0.0372 e. The van der Waals surface area contributed by atoms with Crippen LogP contribution in [0.2, 0.25) is 0 Å². The SMILES string of the molecule is Cc1ccccn1.Cc1cccs1.Cc1ccncc1. The van der Waals surface area contributed by atoms with E-state index in [9.17, 15) is 0 Å². The summed E-state index contributed by atoms with van der Waals surface area (Å²) in [6.07, 6.45) is 5.36. The fourth-order valence-electron chi connectivity index (χ4n) is 1.24. The van der Waals surface area contributed by atoms with Gasteiger partial charge in [-0.25, -0.2) is 0 Å². The summed E-state index contributed by atoms with van der Waals surface area (Å²) in [7, 11) is 0. The van der Waals surface area contributed by atoms with Gasteiger partial charge < -0.3 is 0 Å². The maximum absolute atomic E-state index is 3.98. The largest absolute Gasteiger partial charge is 0.265 e. The first kappa shape index (κ1) is 16.1. The minimum absolute atomic E-state index is 1.07. The van der Waals surface area contributed by atoms with Gasteiger partial charge in [0.2, 0.25) is 0 Å². The van der Waals surface area contributed by atoms with E-state index in [4.69, 9.17) is 0 Å². The average molecular weight is 284 g/mol. The Morgan fingerprint density at radius 3 is 1.80 bits per heavy atom. The van der Waals surface area contributed by atoms with Crippen LogP contribution in [0.1, 0.15) is 16.1 Å². The number of hydrogen-bond acceptors (Lipinski definition) is 3. The van der Waals surface area contributed by atoms with Gasteiger partial charge in [-0.1, -0.05) is 12.1 Å². The van der Waals surface area contributed by atoms with Gasteiger partial charge in [0.05, 0.1) is 0 Å². The summed E-state index contributed by atoms with van der Waals surface area (Å²) in [5.74, 6) is 0. The number of nitrogens with zero attached hydrogens (tertiary/aromatic N) is 2. The van der Waals surface area contributed by atoms with Gasteiger partial charge in [-0.2, -0.15) is 0 Å². The third-order valence-corrected chi connectivity index (χ3v) is 3.12. The van der Waals surface area contributed by atoms with Crippen molar-refractivity contribution in [3.05, 3.63) is 82.6 Å². The molecule has 0 aromatic carbocycles. The zero-order valence-corrected chi connectivity index (χ0v) is 13.0. The van der Waals surface area contributed by atoms with Crippen LogP contribution in [0, 0.1) is 20.8 Å². The summed E-state index contributed by atoms with van der Waals surface area (Å²) in [6.45, 7) is 6.12. The third-order valence-electron chi connectivity index (χ3n) is 2.32. The monoisotopic (exact) mass is 284 g/mol. The van der Waals surface area contributed by atoms with E-state index >= 15 is 0 Å². The average Bonchev–Trinajstić information content (AvgIpc) is 2.93. The van der Waals surface area contributed by atoms with Crippen molar-refractivity contribution in [3.63, 3.8) is 0 Å². The van der Waals surface area contributed by atoms with E-state index in [1.165, 1.54) is 10.4 Å². The zero-order chi connectivity index (χ0) is 14.6. The smallest absolute Gasteiger partial charge is 0.0372 e. The number of aryl methyl sites for hydroxylation is 3. The topological polar surface area (TPSA) is 25.8 Å². The quantitative estimate of drug-likeness (QED) is 0.590. The van der Waals surface area contributed by atoms with Gasteiger partial charge in [0.25, 0.3) is 0 Å². The van der Waals surface area contributed by atoms with Gasteiger partial charge in [-0.15, -0.1) is 11.3 Å². The molecule has 0 bridgehead atoms. The van der Waals surface area contributed by atoms with E-state index in [-0.39, 0.29) is 0 Å². The molecule has 3 heterocycles. The Labute approximate surface area is 125 Å². The van der Waals surface area contributed by atoms with Crippen LogP contribution in [0.4, 0.5) is 0 Å². The van der Waals surface area contributed by atoms with Crippen molar-refractivity contribution >= 4 is 11.3 Å². The minimum atomic E-state index is 1.07. The van der Waals surface area contributed by atoms with Crippen molar-refractivity contribution in [1.29, 1.82) is 0 Å². The maximum atomic E-state index is 3.98. The molecular weight excluding hydrogens is 264 g/mol. The molecule has 0 aliphatic rings. The minimum Gasteiger partial charge on any atom is -0.265 e. The van der Waals surface area contributed by atoms with Gasteiger partial charge in [0.1, 0.15) is 0 Å². The molecule has 0 aliphatic heterocycles. The molecule has 20 heavy (non-hydrogen) atoms. The van der Waals surface area contributed by atoms with Crippen LogP contribution >= 0.6 is 11.3 Å². The molecule has 3 aromatic rings. The number of aromatic nitrogens is 2. The molecule has 0 radical (unpaired) electrons. The Morgan fingerprint density at radius 1 is 0.800 bits per heavy atom. The second kappa shape index (κ2) is 9.87. The highest BCUT2D eigenvalue weighted by atomic mass is 32.1. The molecule has 0 spiro atoms. The van der Waals surface area contributed by atoms with E-state index in [2.05, 4.69) is 34.4 Å². The van der Waals surface area contributed by atoms with Crippen LogP contribution in [-0.4, -0.2) is 9.97 Å². The second-order valence-corrected chi connectivity index (χ2v) is 5.37. The Bertz CT molecular complexity index is 511. The molecule has 0 unspecified atom stereocenters. The summed E-state index contributed by atoms with van der Waals surface area (Å²) >= 11 is 1.78. The fraction of sp³-hybridized carbons (Fsp3) is 0.176. The Balaban J connectivity index is 0.000000151. The fourth-order valence-corrected chi connectivity index (χ4v) is 1.76. The van der Waals surface area contributed by atoms with Crippen molar-refractivity contribution in [3.8, 4) is 0 Å². The summed E-state index contributed by atoms with van der Waals surface area (Å²) < 4.78 is 0. The molecule has 0 saturated carbocycles. The lowest BCUT2D eigenvalue weighted by atomic mass is 10.3. The van der Waals surface area contributed by atoms with E-state index in [0.717, 1.165) is 5.69 Å². The van der Waals surface area contributed by atoms with Crippen LogP contribution in [-0.2, 0) is 0 Å². The Morgan fingerprint density at radius 2 is 1.55 bits per heavy atom. The lowest BCUT2D eigenvalue weighted by molar-refractivity contribution is 1.20. The highest BCUT2D eigenvalue weighted by Gasteiger charge is 1.75. The van der Waals surface area contributed by atoms with Gasteiger partial charge in [-0.05, 0) is 62.0 Å². The normalized spacial score (nSPS) is 8.75. The molecule has 2 nitrogen and oxygen atoms in total. The molecule has 3 heteroatoms. The second-order valence-electron chi connectivity index (χ2n) is 4.22. The molecular formula is C17H20N2S. The molecule has 0 saturated heterocycles. The van der Waals surface area contributed by atoms with E-state index < -0.39 is 0 Å². The van der Waals surface area contributed by atoms with Crippen LogP contribution in [0.15, 0.2) is 66.4 Å². The predicted octanol–water partition coefficient (Wildman–Crippen LogP) is 4.84. The Kier molecular flexibility index (Phi) is 7.92. The van der Waals surface area contributed by atoms with Crippen LogP contribution in [0.5, 0.6) is 0 Å². The van der Waals surface area contributed by atoms with Gasteiger partial charge in [0.15, 0.2) is 0 Å². The summed E-state index contributed by atoms with van der Waals surface area (Å²) in [4.78, 5) is 9.21. The first-order chi connectivity index (χ1) is 9.68. The van der Waals surface area contributed by atoms with Crippen LogP contribution < -0.4 is 0 Å². The van der Waals surface area contributed by atoms with E-state index in [0.29, 0.717) is 0 Å². The van der Waals surface area contributed by atoms with Crippen LogP contribution in [0.25, 0.3) is 0 Å². The standard InChI is InChI=1S/2C6H7N.C5H6S/c1-6-2-4-7-5-3-6;1-6-4-2-3-5-7-6;1-5-3-2-4-6-5/h2*2-5H,1H3;2-4H,1H3. The van der Waals surface area contributed by atoms with Crippen molar-refractivity contribution in [2.24, 2.45) is 0 Å². The summed E-state index contributed by atoms with van der Waals surface area (Å²) in [5.41, 5.74) is 2.33. The summed E-state index contributed by atoms with van der Waals surface area (Å²) in [5, 5.41) is 2.08. The molecule has 104 valence electrons. The Hall–Kier alpha value is -2.00. The van der Waals surface area contributed by atoms with Crippen LogP contribution in [0.3, 0.4) is 0 Å². The van der Waals surface area contributed by atoms with Gasteiger partial charge >= 0.3 is 0 Å². The highest BCUT2D eigenvalue weighted by molar-refractivity contribution is 7.09. The van der Waals surface area contributed by atoms with E-state index in [1.54, 1.807) is 29.9 Å². The van der Waals surface area contributed by atoms with Crippen molar-refractivity contribution < 1.29 is 0 Å². The molecule has 3 aromatic heterocycles. The van der Waals surface area contributed by atoms with Crippen molar-refractivity contribution in [2.45, 2.75) is 20.8 Å². The third kappa shape index (κ3) is 8.16. The molecule has 0 fully saturated rings. The van der Waals surface area contributed by atoms with Crippen molar-refractivity contribution in [1.82, 2.24) is 9.97 Å². The lowest BCUT2D eigenvalue weighted by Crippen LogP contribution is -1.72. The first-order valence-corrected chi connectivity index (χ1v) is 7.31. The number of thiophene rings is 1. The lowest BCUT2D eigenvalue weighted by Gasteiger charge is -1.82. The van der Waals surface area contributed by atoms with Gasteiger partial charge in [-0.3, -0.25) is 9.97 Å². The van der Waals surface area contributed by atoms with E-state index in [1.807, 2.05) is 44.2 Å². The zero-order valence-electron chi connectivity index (χ0n) is 12.2. The highest BCUT2D eigenvalue weighted by Crippen LogP contribution is 2.03. The molecule has 3 rings (SSSR count). The molecule has 0 amide bonds. The molecule has 0 aliphatic carbocycles. The van der Waals surface area contributed by atoms with Crippen molar-refractivity contribution in [2.75, 3.05) is 0 Å². The number of rotatable bonds is 0. The number of pyridine rings is 2. The van der Waals surface area contributed by atoms with Gasteiger partial charge in [0, 0.05) is 29.2 Å². The number of hydrogen-bond donors (Lipinski definition) is 0. The predicted molar refractivity (Wildman–Crippen MR) is 87.0 cm³/mol. The molecule has 0 N–H and O–H groups in total. The first-order valence-electron chi connectivity index (χ1n) is 6.43. The molecule has 0 atom stereocenters. The summed E-state index contributed by atoms with van der Waals surface area (Å²) in [6, 6.07) is 14.0.